The molecule has 1 atom stereocenters. The number of amides is 1. The molecule has 0 radical (unpaired) electrons. The van der Waals surface area contributed by atoms with Gasteiger partial charge in [-0.15, -0.1) is 0 Å². The monoisotopic (exact) mass is 429 g/mol. The molecule has 2 nitrogen and oxygen atoms in total. The van der Waals surface area contributed by atoms with Crippen molar-refractivity contribution in [1.29, 1.82) is 0 Å². The lowest BCUT2D eigenvalue weighted by Gasteiger charge is -2.15. The van der Waals surface area contributed by atoms with Gasteiger partial charge in [0.15, 0.2) is 0 Å². The summed E-state index contributed by atoms with van der Waals surface area (Å²) in [5.41, 5.74) is -0.832. The predicted octanol–water partition coefficient (Wildman–Crippen LogP) is 5.01. The second-order valence-corrected chi connectivity index (χ2v) is 6.30. The van der Waals surface area contributed by atoms with E-state index in [1.54, 1.807) is 0 Å². The van der Waals surface area contributed by atoms with Crippen molar-refractivity contribution >= 4 is 37.8 Å². The highest BCUT2D eigenvalue weighted by Crippen LogP contribution is 2.35. The zero-order valence-corrected chi connectivity index (χ0v) is 14.6. The van der Waals surface area contributed by atoms with Crippen LogP contribution in [-0.2, 0) is 6.18 Å². The van der Waals surface area contributed by atoms with Crippen LogP contribution in [0.25, 0.3) is 0 Å². The molecule has 7 heteroatoms. The summed E-state index contributed by atoms with van der Waals surface area (Å²) in [6.07, 6.45) is -2.68. The first-order valence-electron chi connectivity index (χ1n) is 6.50. The highest BCUT2D eigenvalue weighted by molar-refractivity contribution is 9.10. The third-order valence-electron chi connectivity index (χ3n) is 3.18. The molecule has 0 bridgehead atoms. The van der Waals surface area contributed by atoms with E-state index in [1.807, 2.05) is 6.92 Å². The molecule has 0 aromatic heterocycles. The fraction of sp³-hybridized carbons (Fsp3) is 0.500. The maximum atomic E-state index is 12.8. The minimum Gasteiger partial charge on any atom is -0.352 e. The Labute approximate surface area is 138 Å². The fourth-order valence-electron chi connectivity index (χ4n) is 1.83. The van der Waals surface area contributed by atoms with Gasteiger partial charge in [-0.25, -0.2) is 0 Å². The summed E-state index contributed by atoms with van der Waals surface area (Å²) in [6, 6.07) is 3.48. The number of alkyl halides is 4. The van der Waals surface area contributed by atoms with Crippen LogP contribution in [0.15, 0.2) is 22.7 Å². The van der Waals surface area contributed by atoms with Crippen LogP contribution in [0, 0.1) is 5.92 Å². The van der Waals surface area contributed by atoms with Gasteiger partial charge in [0.2, 0.25) is 0 Å². The van der Waals surface area contributed by atoms with E-state index in [-0.39, 0.29) is 10.0 Å². The highest BCUT2D eigenvalue weighted by Gasteiger charge is 2.33. The van der Waals surface area contributed by atoms with Crippen molar-refractivity contribution in [3.8, 4) is 0 Å². The van der Waals surface area contributed by atoms with E-state index in [9.17, 15) is 18.0 Å². The number of carbonyl (C=O) groups is 1. The normalized spacial score (nSPS) is 13.0. The fourth-order valence-corrected chi connectivity index (χ4v) is 2.95. The Morgan fingerprint density at radius 1 is 1.38 bits per heavy atom. The molecule has 0 heterocycles. The molecule has 0 saturated heterocycles. The maximum absolute atomic E-state index is 12.8. The summed E-state index contributed by atoms with van der Waals surface area (Å²) in [4.78, 5) is 12.0. The van der Waals surface area contributed by atoms with Gasteiger partial charge in [-0.3, -0.25) is 4.79 Å². The van der Waals surface area contributed by atoms with Crippen LogP contribution in [0.4, 0.5) is 13.2 Å². The summed E-state index contributed by atoms with van der Waals surface area (Å²) >= 11 is 6.19. The third kappa shape index (κ3) is 5.62. The lowest BCUT2D eigenvalue weighted by Crippen LogP contribution is -2.29. The molecule has 1 aromatic carbocycles. The van der Waals surface area contributed by atoms with Crippen LogP contribution in [0.3, 0.4) is 0 Å². The van der Waals surface area contributed by atoms with Gasteiger partial charge in [-0.2, -0.15) is 13.2 Å². The van der Waals surface area contributed by atoms with Crippen LogP contribution in [0.1, 0.15) is 35.7 Å². The lowest BCUT2D eigenvalue weighted by molar-refractivity contribution is -0.138. The van der Waals surface area contributed by atoms with Crippen molar-refractivity contribution < 1.29 is 18.0 Å². The van der Waals surface area contributed by atoms with E-state index < -0.39 is 17.6 Å². The first-order chi connectivity index (χ1) is 9.79. The van der Waals surface area contributed by atoms with Crippen LogP contribution in [-0.4, -0.2) is 17.8 Å². The molecule has 0 spiro atoms. The minimum atomic E-state index is -4.49. The van der Waals surface area contributed by atoms with E-state index in [4.69, 9.17) is 0 Å². The van der Waals surface area contributed by atoms with E-state index in [0.29, 0.717) is 12.5 Å². The summed E-state index contributed by atoms with van der Waals surface area (Å²) in [6.45, 7) is 2.47. The summed E-state index contributed by atoms with van der Waals surface area (Å²) < 4.78 is 38.3. The zero-order chi connectivity index (χ0) is 16.0. The number of carbonyl (C=O) groups excluding carboxylic acids is 1. The van der Waals surface area contributed by atoms with Crippen LogP contribution in [0.5, 0.6) is 0 Å². The van der Waals surface area contributed by atoms with Crippen molar-refractivity contribution in [3.63, 3.8) is 0 Å². The molecule has 0 aliphatic heterocycles. The Balaban J connectivity index is 2.79. The standard InChI is InChI=1S/C14H16Br2F3NO/c1-2-9(5-6-15)8-20-13(21)10-3-4-12(16)11(7-10)14(17,18)19/h3-4,7,9H,2,5-6,8H2,1H3,(H,20,21). The number of rotatable bonds is 6. The first kappa shape index (κ1) is 18.5. The Morgan fingerprint density at radius 2 is 2.05 bits per heavy atom. The number of nitrogens with one attached hydrogen (secondary N) is 1. The van der Waals surface area contributed by atoms with Gasteiger partial charge in [-0.05, 0) is 30.5 Å². The summed E-state index contributed by atoms with van der Waals surface area (Å²) in [5, 5.41) is 3.52. The SMILES string of the molecule is CCC(CCBr)CNC(=O)c1ccc(Br)c(C(F)(F)F)c1. The largest absolute Gasteiger partial charge is 0.417 e. The van der Waals surface area contributed by atoms with Crippen LogP contribution in [0.2, 0.25) is 0 Å². The number of halogens is 5. The molecule has 21 heavy (non-hydrogen) atoms. The molecule has 1 amide bonds. The average molecular weight is 431 g/mol. The van der Waals surface area contributed by atoms with E-state index in [1.165, 1.54) is 12.1 Å². The third-order valence-corrected chi connectivity index (χ3v) is 4.33. The summed E-state index contributed by atoms with van der Waals surface area (Å²) in [5.74, 6) is -0.174. The van der Waals surface area contributed by atoms with Gasteiger partial charge in [0.25, 0.3) is 5.91 Å². The maximum Gasteiger partial charge on any atom is 0.417 e. The Morgan fingerprint density at radius 3 is 2.57 bits per heavy atom. The molecule has 0 fully saturated rings. The summed E-state index contributed by atoms with van der Waals surface area (Å²) in [7, 11) is 0. The second-order valence-electron chi connectivity index (χ2n) is 4.65. The van der Waals surface area contributed by atoms with E-state index in [0.717, 1.165) is 24.2 Å². The van der Waals surface area contributed by atoms with Gasteiger partial charge >= 0.3 is 6.18 Å². The van der Waals surface area contributed by atoms with Gasteiger partial charge in [0, 0.05) is 21.9 Å². The van der Waals surface area contributed by atoms with Crippen molar-refractivity contribution in [3.05, 3.63) is 33.8 Å². The van der Waals surface area contributed by atoms with Crippen molar-refractivity contribution in [2.75, 3.05) is 11.9 Å². The van der Waals surface area contributed by atoms with Crippen LogP contribution >= 0.6 is 31.9 Å². The van der Waals surface area contributed by atoms with Gasteiger partial charge in [0.1, 0.15) is 0 Å². The molecule has 0 aliphatic rings. The topological polar surface area (TPSA) is 29.1 Å². The lowest BCUT2D eigenvalue weighted by atomic mass is 10.0. The van der Waals surface area contributed by atoms with Crippen molar-refractivity contribution in [2.45, 2.75) is 25.9 Å². The molecular formula is C14H16Br2F3NO. The molecule has 1 aromatic rings. The first-order valence-corrected chi connectivity index (χ1v) is 8.42. The minimum absolute atomic E-state index is 0.0132. The molecule has 0 saturated carbocycles. The molecule has 118 valence electrons. The Bertz CT molecular complexity index is 492. The quantitative estimate of drug-likeness (QED) is 0.631. The molecule has 1 N–H and O–H groups in total. The van der Waals surface area contributed by atoms with Gasteiger partial charge < -0.3 is 5.32 Å². The predicted molar refractivity (Wildman–Crippen MR) is 83.7 cm³/mol. The second kappa shape index (κ2) is 8.17. The molecule has 1 rings (SSSR count). The number of hydrogen-bond acceptors (Lipinski definition) is 1. The van der Waals surface area contributed by atoms with E-state index >= 15 is 0 Å². The van der Waals surface area contributed by atoms with Crippen molar-refractivity contribution in [2.24, 2.45) is 5.92 Å². The Kier molecular flexibility index (Phi) is 7.20. The molecular weight excluding hydrogens is 415 g/mol. The number of benzene rings is 1. The number of hydrogen-bond donors (Lipinski definition) is 1. The van der Waals surface area contributed by atoms with Crippen molar-refractivity contribution in [1.82, 2.24) is 5.32 Å². The molecule has 0 aliphatic carbocycles. The zero-order valence-electron chi connectivity index (χ0n) is 11.4. The van der Waals surface area contributed by atoms with E-state index in [2.05, 4.69) is 37.2 Å². The van der Waals surface area contributed by atoms with Gasteiger partial charge in [-0.1, -0.05) is 45.2 Å². The Hall–Kier alpha value is -0.560. The molecule has 1 unspecified atom stereocenters. The smallest absolute Gasteiger partial charge is 0.352 e. The van der Waals surface area contributed by atoms with Crippen LogP contribution < -0.4 is 5.32 Å². The highest BCUT2D eigenvalue weighted by atomic mass is 79.9. The van der Waals surface area contributed by atoms with Gasteiger partial charge in [0.05, 0.1) is 5.56 Å². The average Bonchev–Trinajstić information content (AvgIpc) is 2.42.